The lowest BCUT2D eigenvalue weighted by molar-refractivity contribution is -0.141. The number of carbonyl (C=O) groups excluding carboxylic acids is 2. The third-order valence-corrected chi connectivity index (χ3v) is 6.51. The van der Waals surface area contributed by atoms with Crippen molar-refractivity contribution in [2.45, 2.75) is 32.9 Å². The summed E-state index contributed by atoms with van der Waals surface area (Å²) in [6, 6.07) is 15.7. The monoisotopic (exact) mass is 445 g/mol. The van der Waals surface area contributed by atoms with Crippen LogP contribution in [0.4, 0.5) is 5.69 Å². The van der Waals surface area contributed by atoms with E-state index in [1.807, 2.05) is 73.5 Å². The molecule has 0 N–H and O–H groups in total. The Kier molecular flexibility index (Phi) is 5.58. The Bertz CT molecular complexity index is 1170. The van der Waals surface area contributed by atoms with Gasteiger partial charge in [0.1, 0.15) is 18.1 Å². The Morgan fingerprint density at radius 1 is 1.06 bits per heavy atom. The fourth-order valence-corrected chi connectivity index (χ4v) is 4.31. The van der Waals surface area contributed by atoms with E-state index in [9.17, 15) is 9.59 Å². The van der Waals surface area contributed by atoms with E-state index in [1.165, 1.54) is 5.56 Å². The number of amides is 2. The number of aryl methyl sites for hydroxylation is 2. The normalized spacial score (nSPS) is 18.5. The van der Waals surface area contributed by atoms with E-state index in [-0.39, 0.29) is 30.2 Å². The molecule has 2 fully saturated rings. The molecule has 8 heteroatoms. The van der Waals surface area contributed by atoms with Crippen molar-refractivity contribution in [3.05, 3.63) is 71.5 Å². The second-order valence-corrected chi connectivity index (χ2v) is 8.86. The Morgan fingerprint density at radius 3 is 2.61 bits per heavy atom. The molecule has 170 valence electrons. The van der Waals surface area contributed by atoms with Gasteiger partial charge in [-0.05, 0) is 49.2 Å². The molecule has 2 saturated heterocycles. The summed E-state index contributed by atoms with van der Waals surface area (Å²) in [6.45, 7) is 6.02. The van der Waals surface area contributed by atoms with Crippen LogP contribution in [0, 0.1) is 19.8 Å². The molecule has 2 aliphatic rings. The molecule has 0 bridgehead atoms. The van der Waals surface area contributed by atoms with E-state index in [0.29, 0.717) is 26.2 Å². The third kappa shape index (κ3) is 4.33. The smallest absolute Gasteiger partial charge is 0.228 e. The Morgan fingerprint density at radius 2 is 1.85 bits per heavy atom. The average molecular weight is 446 g/mol. The number of benzene rings is 2. The lowest BCUT2D eigenvalue weighted by Gasteiger charge is -2.40. The van der Waals surface area contributed by atoms with Gasteiger partial charge in [0.2, 0.25) is 11.8 Å². The van der Waals surface area contributed by atoms with E-state index in [1.54, 1.807) is 9.58 Å². The van der Waals surface area contributed by atoms with Crippen molar-refractivity contribution in [2.75, 3.05) is 24.5 Å². The summed E-state index contributed by atoms with van der Waals surface area (Å²) >= 11 is 0. The van der Waals surface area contributed by atoms with Crippen molar-refractivity contribution in [3.8, 4) is 5.75 Å². The molecule has 2 aromatic carbocycles. The number of para-hydroxylation sites is 1. The molecule has 2 amide bonds. The summed E-state index contributed by atoms with van der Waals surface area (Å²) in [5.41, 5.74) is 3.94. The zero-order chi connectivity index (χ0) is 22.9. The van der Waals surface area contributed by atoms with Gasteiger partial charge in [-0.2, -0.15) is 0 Å². The van der Waals surface area contributed by atoms with Crippen LogP contribution in [-0.4, -0.2) is 51.3 Å². The van der Waals surface area contributed by atoms with Crippen LogP contribution in [0.2, 0.25) is 0 Å². The standard InChI is InChI=1S/C25H27N5O3/c1-17-8-9-21(10-18(17)2)29-12-19(11-24(29)31)25(32)28-14-22(15-28)30-13-20(26-27-30)16-33-23-6-4-3-5-7-23/h3-10,13,19,22H,11-12,14-16H2,1-2H3. The maximum absolute atomic E-state index is 13.0. The van der Waals surface area contributed by atoms with Crippen molar-refractivity contribution >= 4 is 17.5 Å². The van der Waals surface area contributed by atoms with Crippen LogP contribution in [0.3, 0.4) is 0 Å². The fraction of sp³-hybridized carbons (Fsp3) is 0.360. The fourth-order valence-electron chi connectivity index (χ4n) is 4.31. The molecule has 8 nitrogen and oxygen atoms in total. The van der Waals surface area contributed by atoms with E-state index in [2.05, 4.69) is 10.3 Å². The zero-order valence-electron chi connectivity index (χ0n) is 18.8. The Balaban J connectivity index is 1.14. The van der Waals surface area contributed by atoms with Crippen LogP contribution < -0.4 is 9.64 Å². The highest BCUT2D eigenvalue weighted by Crippen LogP contribution is 2.30. The number of hydrogen-bond acceptors (Lipinski definition) is 5. The number of hydrogen-bond donors (Lipinski definition) is 0. The van der Waals surface area contributed by atoms with Gasteiger partial charge in [-0.15, -0.1) is 5.10 Å². The Hall–Kier alpha value is -3.68. The van der Waals surface area contributed by atoms with Crippen molar-refractivity contribution in [2.24, 2.45) is 5.92 Å². The summed E-state index contributed by atoms with van der Waals surface area (Å²) in [7, 11) is 0. The molecule has 3 heterocycles. The number of rotatable bonds is 6. The van der Waals surface area contributed by atoms with Gasteiger partial charge in [0.25, 0.3) is 0 Å². The van der Waals surface area contributed by atoms with E-state index >= 15 is 0 Å². The van der Waals surface area contributed by atoms with Gasteiger partial charge in [0.05, 0.1) is 18.2 Å². The van der Waals surface area contributed by atoms with Crippen LogP contribution in [0.1, 0.15) is 29.3 Å². The molecular weight excluding hydrogens is 418 g/mol. The number of likely N-dealkylation sites (tertiary alicyclic amines) is 1. The SMILES string of the molecule is Cc1ccc(N2CC(C(=O)N3CC(n4cc(COc5ccccc5)nn4)C3)CC2=O)cc1C. The number of carbonyl (C=O) groups is 2. The quantitative estimate of drug-likeness (QED) is 0.583. The highest BCUT2D eigenvalue weighted by molar-refractivity contribution is 6.00. The molecule has 0 aliphatic carbocycles. The van der Waals surface area contributed by atoms with E-state index < -0.39 is 0 Å². The third-order valence-electron chi connectivity index (χ3n) is 6.51. The zero-order valence-corrected chi connectivity index (χ0v) is 18.8. The molecule has 1 atom stereocenters. The maximum atomic E-state index is 13.0. The molecule has 0 radical (unpaired) electrons. The molecule has 5 rings (SSSR count). The Labute approximate surface area is 192 Å². The summed E-state index contributed by atoms with van der Waals surface area (Å²) in [4.78, 5) is 29.1. The van der Waals surface area contributed by atoms with Crippen molar-refractivity contribution in [1.29, 1.82) is 0 Å². The molecule has 2 aliphatic heterocycles. The number of aromatic nitrogens is 3. The van der Waals surface area contributed by atoms with E-state index in [0.717, 1.165) is 22.7 Å². The second kappa shape index (κ2) is 8.69. The van der Waals surface area contributed by atoms with Gasteiger partial charge in [0.15, 0.2) is 0 Å². The van der Waals surface area contributed by atoms with Crippen LogP contribution in [-0.2, 0) is 16.2 Å². The predicted molar refractivity (Wildman–Crippen MR) is 123 cm³/mol. The number of ether oxygens (including phenoxy) is 1. The van der Waals surface area contributed by atoms with Crippen molar-refractivity contribution in [3.63, 3.8) is 0 Å². The van der Waals surface area contributed by atoms with Crippen LogP contribution in [0.15, 0.2) is 54.7 Å². The summed E-state index contributed by atoms with van der Waals surface area (Å²) < 4.78 is 7.52. The van der Waals surface area contributed by atoms with Crippen LogP contribution in [0.25, 0.3) is 0 Å². The van der Waals surface area contributed by atoms with Gasteiger partial charge in [-0.3, -0.25) is 9.59 Å². The molecule has 0 spiro atoms. The first-order chi connectivity index (χ1) is 16.0. The largest absolute Gasteiger partial charge is 0.487 e. The average Bonchev–Trinajstić information content (AvgIpc) is 3.41. The van der Waals surface area contributed by atoms with E-state index in [4.69, 9.17) is 4.74 Å². The van der Waals surface area contributed by atoms with Gasteiger partial charge in [-0.1, -0.05) is 29.5 Å². The maximum Gasteiger partial charge on any atom is 0.228 e. The van der Waals surface area contributed by atoms with Gasteiger partial charge < -0.3 is 14.5 Å². The highest BCUT2D eigenvalue weighted by Gasteiger charge is 2.41. The van der Waals surface area contributed by atoms with Gasteiger partial charge in [0, 0.05) is 31.7 Å². The molecular formula is C25H27N5O3. The highest BCUT2D eigenvalue weighted by atomic mass is 16.5. The molecule has 3 aromatic rings. The summed E-state index contributed by atoms with van der Waals surface area (Å²) in [5, 5.41) is 8.39. The van der Waals surface area contributed by atoms with Gasteiger partial charge >= 0.3 is 0 Å². The predicted octanol–water partition coefficient (Wildman–Crippen LogP) is 2.91. The van der Waals surface area contributed by atoms with Crippen LogP contribution in [0.5, 0.6) is 5.75 Å². The lowest BCUT2D eigenvalue weighted by atomic mass is 10.0. The molecule has 0 saturated carbocycles. The lowest BCUT2D eigenvalue weighted by Crippen LogP contribution is -2.53. The minimum Gasteiger partial charge on any atom is -0.487 e. The molecule has 33 heavy (non-hydrogen) atoms. The van der Waals surface area contributed by atoms with Gasteiger partial charge in [-0.25, -0.2) is 4.68 Å². The van der Waals surface area contributed by atoms with Crippen molar-refractivity contribution < 1.29 is 14.3 Å². The minimum absolute atomic E-state index is 0.00742. The minimum atomic E-state index is -0.300. The second-order valence-electron chi connectivity index (χ2n) is 8.86. The molecule has 1 unspecified atom stereocenters. The molecule has 1 aromatic heterocycles. The topological polar surface area (TPSA) is 80.6 Å². The summed E-state index contributed by atoms with van der Waals surface area (Å²) in [6.07, 6.45) is 2.13. The first kappa shape index (κ1) is 21.2. The number of anilines is 1. The first-order valence-electron chi connectivity index (χ1n) is 11.2. The van der Waals surface area contributed by atoms with Crippen LogP contribution >= 0.6 is 0 Å². The summed E-state index contributed by atoms with van der Waals surface area (Å²) in [5.74, 6) is 0.533. The first-order valence-corrected chi connectivity index (χ1v) is 11.2. The number of nitrogens with zero attached hydrogens (tertiary/aromatic N) is 5. The van der Waals surface area contributed by atoms with Crippen molar-refractivity contribution in [1.82, 2.24) is 19.9 Å².